The maximum Gasteiger partial charge on any atom is 0.128 e. The lowest BCUT2D eigenvalue weighted by Gasteiger charge is -2.27. The van der Waals surface area contributed by atoms with E-state index in [2.05, 4.69) is 22.0 Å². The van der Waals surface area contributed by atoms with Gasteiger partial charge in [-0.25, -0.2) is 4.98 Å². The second kappa shape index (κ2) is 5.12. The van der Waals surface area contributed by atoms with Gasteiger partial charge in [-0.1, -0.05) is 6.07 Å². The third kappa shape index (κ3) is 2.69. The van der Waals surface area contributed by atoms with E-state index >= 15 is 0 Å². The minimum Gasteiger partial charge on any atom is -0.357 e. The van der Waals surface area contributed by atoms with Gasteiger partial charge in [0, 0.05) is 19.3 Å². The topological polar surface area (TPSA) is 42.1 Å². The molecule has 2 heterocycles. The van der Waals surface area contributed by atoms with E-state index in [1.807, 2.05) is 6.20 Å². The van der Waals surface area contributed by atoms with Crippen molar-refractivity contribution in [1.82, 2.24) is 4.98 Å². The van der Waals surface area contributed by atoms with Gasteiger partial charge in [0.15, 0.2) is 0 Å². The molecule has 3 nitrogen and oxygen atoms in total. The van der Waals surface area contributed by atoms with Gasteiger partial charge in [-0.05, 0) is 43.9 Å². The number of hydrogen-bond acceptors (Lipinski definition) is 3. The number of piperidine rings is 1. The molecule has 0 amide bonds. The first-order valence-corrected chi connectivity index (χ1v) is 5.80. The summed E-state index contributed by atoms with van der Waals surface area (Å²) < 4.78 is 0. The number of hydrogen-bond donors (Lipinski definition) is 1. The summed E-state index contributed by atoms with van der Waals surface area (Å²) in [4.78, 5) is 6.86. The van der Waals surface area contributed by atoms with E-state index in [9.17, 15) is 0 Å². The second-order valence-electron chi connectivity index (χ2n) is 4.11. The van der Waals surface area contributed by atoms with Crippen LogP contribution < -0.4 is 10.6 Å². The predicted molar refractivity (Wildman–Crippen MR) is 63.1 cm³/mol. The molecule has 0 bridgehead atoms. The Morgan fingerprint density at radius 2 is 2.00 bits per heavy atom. The van der Waals surface area contributed by atoms with Gasteiger partial charge in [-0.2, -0.15) is 0 Å². The Morgan fingerprint density at radius 1 is 1.20 bits per heavy atom. The van der Waals surface area contributed by atoms with E-state index in [4.69, 9.17) is 5.73 Å². The molecule has 1 aliphatic heterocycles. The number of anilines is 1. The van der Waals surface area contributed by atoms with Gasteiger partial charge in [-0.15, -0.1) is 0 Å². The summed E-state index contributed by atoms with van der Waals surface area (Å²) in [6.07, 6.45) is 6.84. The van der Waals surface area contributed by atoms with Gasteiger partial charge < -0.3 is 10.6 Å². The van der Waals surface area contributed by atoms with Gasteiger partial charge in [-0.3, -0.25) is 0 Å². The first-order chi connectivity index (χ1) is 7.40. The molecule has 3 heteroatoms. The highest BCUT2D eigenvalue weighted by Crippen LogP contribution is 2.17. The Labute approximate surface area is 91.3 Å². The molecule has 2 rings (SSSR count). The first-order valence-electron chi connectivity index (χ1n) is 5.80. The fourth-order valence-corrected chi connectivity index (χ4v) is 2.04. The van der Waals surface area contributed by atoms with Gasteiger partial charge in [0.05, 0.1) is 0 Å². The Kier molecular flexibility index (Phi) is 3.56. The van der Waals surface area contributed by atoms with Crippen molar-refractivity contribution in [3.05, 3.63) is 23.9 Å². The van der Waals surface area contributed by atoms with Crippen molar-refractivity contribution in [1.29, 1.82) is 0 Å². The maximum atomic E-state index is 5.50. The van der Waals surface area contributed by atoms with Crippen molar-refractivity contribution in [2.45, 2.75) is 25.7 Å². The number of pyridine rings is 1. The van der Waals surface area contributed by atoms with Crippen LogP contribution in [0, 0.1) is 0 Å². The van der Waals surface area contributed by atoms with Crippen LogP contribution in [0.4, 0.5) is 5.82 Å². The molecule has 0 radical (unpaired) electrons. The van der Waals surface area contributed by atoms with Gasteiger partial charge >= 0.3 is 0 Å². The van der Waals surface area contributed by atoms with E-state index in [1.165, 1.54) is 24.8 Å². The molecule has 1 saturated heterocycles. The lowest BCUT2D eigenvalue weighted by Crippen LogP contribution is -2.30. The minimum absolute atomic E-state index is 0.699. The average Bonchev–Trinajstić information content (AvgIpc) is 2.32. The lowest BCUT2D eigenvalue weighted by molar-refractivity contribution is 0.573. The summed E-state index contributed by atoms with van der Waals surface area (Å²) >= 11 is 0. The Morgan fingerprint density at radius 3 is 2.60 bits per heavy atom. The van der Waals surface area contributed by atoms with Crippen molar-refractivity contribution in [3.63, 3.8) is 0 Å². The SMILES string of the molecule is NCCc1ccc(N2CCCCC2)nc1. The summed E-state index contributed by atoms with van der Waals surface area (Å²) in [5.74, 6) is 1.12. The van der Waals surface area contributed by atoms with Crippen LogP contribution >= 0.6 is 0 Å². The standard InChI is InChI=1S/C12H19N3/c13-7-6-11-4-5-12(14-10-11)15-8-2-1-3-9-15/h4-5,10H,1-3,6-9,13H2. The number of rotatable bonds is 3. The van der Waals surface area contributed by atoms with Gasteiger partial charge in [0.25, 0.3) is 0 Å². The molecule has 1 aromatic heterocycles. The molecule has 1 aromatic rings. The van der Waals surface area contributed by atoms with Crippen LogP contribution in [0.1, 0.15) is 24.8 Å². The molecular formula is C12H19N3. The number of aromatic nitrogens is 1. The highest BCUT2D eigenvalue weighted by molar-refractivity contribution is 5.39. The molecule has 0 atom stereocenters. The van der Waals surface area contributed by atoms with Crippen molar-refractivity contribution in [2.75, 3.05) is 24.5 Å². The Balaban J connectivity index is 2.02. The lowest BCUT2D eigenvalue weighted by atomic mass is 10.1. The van der Waals surface area contributed by atoms with E-state index in [1.54, 1.807) is 0 Å². The van der Waals surface area contributed by atoms with Crippen LogP contribution in [0.3, 0.4) is 0 Å². The summed E-state index contributed by atoms with van der Waals surface area (Å²) in [5, 5.41) is 0. The van der Waals surface area contributed by atoms with E-state index in [0.717, 1.165) is 25.3 Å². The zero-order valence-corrected chi connectivity index (χ0v) is 9.15. The number of nitrogens with zero attached hydrogens (tertiary/aromatic N) is 2. The number of nitrogens with two attached hydrogens (primary N) is 1. The molecule has 15 heavy (non-hydrogen) atoms. The van der Waals surface area contributed by atoms with Crippen LogP contribution in [0.2, 0.25) is 0 Å². The van der Waals surface area contributed by atoms with Crippen LogP contribution in [0.25, 0.3) is 0 Å². The van der Waals surface area contributed by atoms with Crippen molar-refractivity contribution < 1.29 is 0 Å². The molecule has 0 spiro atoms. The molecule has 0 saturated carbocycles. The largest absolute Gasteiger partial charge is 0.357 e. The molecule has 82 valence electrons. The van der Waals surface area contributed by atoms with E-state index in [0.29, 0.717) is 6.54 Å². The molecule has 0 aliphatic carbocycles. The van der Waals surface area contributed by atoms with Crippen molar-refractivity contribution >= 4 is 5.82 Å². The fourth-order valence-electron chi connectivity index (χ4n) is 2.04. The van der Waals surface area contributed by atoms with Crippen LogP contribution in [-0.4, -0.2) is 24.6 Å². The maximum absolute atomic E-state index is 5.50. The summed E-state index contributed by atoms with van der Waals surface area (Å²) in [5.41, 5.74) is 6.74. The molecule has 0 unspecified atom stereocenters. The fraction of sp³-hybridized carbons (Fsp3) is 0.583. The average molecular weight is 205 g/mol. The molecule has 2 N–H and O–H groups in total. The normalized spacial score (nSPS) is 16.7. The molecular weight excluding hydrogens is 186 g/mol. The monoisotopic (exact) mass is 205 g/mol. The zero-order valence-electron chi connectivity index (χ0n) is 9.15. The van der Waals surface area contributed by atoms with E-state index < -0.39 is 0 Å². The van der Waals surface area contributed by atoms with Crippen LogP contribution in [-0.2, 0) is 6.42 Å². The first kappa shape index (κ1) is 10.4. The molecule has 1 aliphatic rings. The third-order valence-corrected chi connectivity index (χ3v) is 2.92. The highest BCUT2D eigenvalue weighted by atomic mass is 15.2. The van der Waals surface area contributed by atoms with Crippen molar-refractivity contribution in [3.8, 4) is 0 Å². The molecule has 1 fully saturated rings. The summed E-state index contributed by atoms with van der Waals surface area (Å²) in [6.45, 7) is 3.01. The Hall–Kier alpha value is -1.09. The molecule has 0 aromatic carbocycles. The second-order valence-corrected chi connectivity index (χ2v) is 4.11. The predicted octanol–water partition coefficient (Wildman–Crippen LogP) is 1.57. The quantitative estimate of drug-likeness (QED) is 0.814. The van der Waals surface area contributed by atoms with Gasteiger partial charge in [0.1, 0.15) is 5.82 Å². The van der Waals surface area contributed by atoms with E-state index in [-0.39, 0.29) is 0 Å². The third-order valence-electron chi connectivity index (χ3n) is 2.92. The summed E-state index contributed by atoms with van der Waals surface area (Å²) in [6, 6.07) is 4.26. The smallest absolute Gasteiger partial charge is 0.128 e. The minimum atomic E-state index is 0.699. The highest BCUT2D eigenvalue weighted by Gasteiger charge is 2.11. The van der Waals surface area contributed by atoms with Gasteiger partial charge in [0.2, 0.25) is 0 Å². The van der Waals surface area contributed by atoms with Crippen molar-refractivity contribution in [2.24, 2.45) is 5.73 Å². The Bertz CT molecular complexity index is 288. The van der Waals surface area contributed by atoms with Crippen LogP contribution in [0.15, 0.2) is 18.3 Å². The summed E-state index contributed by atoms with van der Waals surface area (Å²) in [7, 11) is 0. The van der Waals surface area contributed by atoms with Crippen LogP contribution in [0.5, 0.6) is 0 Å². The zero-order chi connectivity index (χ0) is 10.5.